The molecule has 122 valence electrons. The van der Waals surface area contributed by atoms with Crippen molar-refractivity contribution in [2.24, 2.45) is 0 Å². The van der Waals surface area contributed by atoms with Gasteiger partial charge in [-0.15, -0.1) is 0 Å². The fourth-order valence-electron chi connectivity index (χ4n) is 3.54. The van der Waals surface area contributed by atoms with Crippen LogP contribution in [-0.4, -0.2) is 35.5 Å². The molecule has 0 radical (unpaired) electrons. The number of carboxylic acid groups (broad SMARTS) is 1. The number of carboxylic acids is 1. The van der Waals surface area contributed by atoms with E-state index in [2.05, 4.69) is 40.1 Å². The van der Waals surface area contributed by atoms with E-state index in [9.17, 15) is 9.90 Å². The van der Waals surface area contributed by atoms with Gasteiger partial charge in [0.15, 0.2) is 0 Å². The smallest absolute Gasteiger partial charge is 0.337 e. The van der Waals surface area contributed by atoms with Gasteiger partial charge in [-0.05, 0) is 29.8 Å². The number of fused-ring (bicyclic) bond motifs is 3. The summed E-state index contributed by atoms with van der Waals surface area (Å²) < 4.78 is 0. The van der Waals surface area contributed by atoms with Crippen molar-refractivity contribution in [3.63, 3.8) is 0 Å². The van der Waals surface area contributed by atoms with Gasteiger partial charge in [0.1, 0.15) is 6.17 Å². The van der Waals surface area contributed by atoms with Crippen molar-refractivity contribution < 1.29 is 9.90 Å². The Morgan fingerprint density at radius 3 is 2.67 bits per heavy atom. The molecule has 2 aliphatic heterocycles. The predicted molar refractivity (Wildman–Crippen MR) is 94.9 cm³/mol. The van der Waals surface area contributed by atoms with E-state index in [0.717, 1.165) is 23.5 Å². The van der Waals surface area contributed by atoms with Crippen molar-refractivity contribution in [3.8, 4) is 0 Å². The first-order chi connectivity index (χ1) is 11.7. The molecule has 1 unspecified atom stereocenters. The quantitative estimate of drug-likeness (QED) is 0.940. The first-order valence-electron chi connectivity index (χ1n) is 8.11. The lowest BCUT2D eigenvalue weighted by Gasteiger charge is -2.34. The van der Waals surface area contributed by atoms with E-state index < -0.39 is 5.97 Å². The number of rotatable bonds is 3. The Morgan fingerprint density at radius 1 is 1.17 bits per heavy atom. The maximum atomic E-state index is 11.7. The highest BCUT2D eigenvalue weighted by atomic mass is 16.4. The second-order valence-electron chi connectivity index (χ2n) is 5.94. The summed E-state index contributed by atoms with van der Waals surface area (Å²) in [7, 11) is 0. The molecule has 0 aliphatic carbocycles. The highest BCUT2D eigenvalue weighted by Gasteiger charge is 2.40. The van der Waals surface area contributed by atoms with Gasteiger partial charge in [-0.3, -0.25) is 5.01 Å². The number of carbonyl (C=O) groups is 1. The zero-order chi connectivity index (χ0) is 16.7. The third kappa shape index (κ3) is 2.17. The van der Waals surface area contributed by atoms with Crippen molar-refractivity contribution >= 4 is 23.4 Å². The molecule has 4 rings (SSSR count). The molecular weight excluding hydrogens is 302 g/mol. The number of hydrazine groups is 1. The zero-order valence-corrected chi connectivity index (χ0v) is 13.5. The van der Waals surface area contributed by atoms with Crippen LogP contribution in [-0.2, 0) is 0 Å². The molecule has 24 heavy (non-hydrogen) atoms. The highest BCUT2D eigenvalue weighted by Crippen LogP contribution is 2.39. The average molecular weight is 321 g/mol. The molecule has 5 heteroatoms. The summed E-state index contributed by atoms with van der Waals surface area (Å²) in [5.74, 6) is -0.887. The Morgan fingerprint density at radius 2 is 1.96 bits per heavy atom. The molecular formula is C19H19N3O2. The molecule has 0 bridgehead atoms. The standard InChI is InChI=1S/C19H19N3O2/c1-2-20-13-21-17(22(20)15-8-4-3-5-9-15)12-11-14-7-6-10-16(18(14)21)19(23)24/h3-12,17H,2,13H2,1H3,(H,23,24). The van der Waals surface area contributed by atoms with Crippen LogP contribution in [0, 0.1) is 0 Å². The molecule has 0 spiro atoms. The van der Waals surface area contributed by atoms with Gasteiger partial charge in [-0.2, -0.15) is 5.01 Å². The Bertz CT molecular complexity index is 804. The molecule has 0 aromatic heterocycles. The van der Waals surface area contributed by atoms with Crippen LogP contribution in [0.3, 0.4) is 0 Å². The lowest BCUT2D eigenvalue weighted by atomic mass is 10.0. The zero-order valence-electron chi connectivity index (χ0n) is 13.5. The molecule has 1 fully saturated rings. The van der Waals surface area contributed by atoms with Crippen LogP contribution >= 0.6 is 0 Å². The Hall–Kier alpha value is -2.79. The van der Waals surface area contributed by atoms with Gasteiger partial charge < -0.3 is 10.0 Å². The fourth-order valence-corrected chi connectivity index (χ4v) is 3.54. The van der Waals surface area contributed by atoms with E-state index in [4.69, 9.17) is 0 Å². The maximum absolute atomic E-state index is 11.7. The van der Waals surface area contributed by atoms with E-state index in [1.807, 2.05) is 30.3 Å². The van der Waals surface area contributed by atoms with E-state index in [1.54, 1.807) is 12.1 Å². The van der Waals surface area contributed by atoms with Crippen LogP contribution in [0.15, 0.2) is 54.6 Å². The first kappa shape index (κ1) is 14.8. The normalized spacial score (nSPS) is 19.3. The number of hydrogen-bond acceptors (Lipinski definition) is 4. The number of hydrogen-bond donors (Lipinski definition) is 1. The summed E-state index contributed by atoms with van der Waals surface area (Å²) in [6.07, 6.45) is 4.15. The third-order valence-corrected chi connectivity index (χ3v) is 4.61. The highest BCUT2D eigenvalue weighted by molar-refractivity contribution is 5.98. The monoisotopic (exact) mass is 321 g/mol. The van der Waals surface area contributed by atoms with Crippen LogP contribution in [0.25, 0.3) is 6.08 Å². The molecule has 0 amide bonds. The number of para-hydroxylation sites is 2. The molecule has 1 atom stereocenters. The summed E-state index contributed by atoms with van der Waals surface area (Å²) in [4.78, 5) is 13.8. The maximum Gasteiger partial charge on any atom is 0.337 e. The average Bonchev–Trinajstić information content (AvgIpc) is 3.00. The van der Waals surface area contributed by atoms with Gasteiger partial charge in [0.25, 0.3) is 0 Å². The molecule has 1 N–H and O–H groups in total. The van der Waals surface area contributed by atoms with Crippen molar-refractivity contribution in [2.45, 2.75) is 13.1 Å². The van der Waals surface area contributed by atoms with Gasteiger partial charge >= 0.3 is 5.97 Å². The molecule has 5 nitrogen and oxygen atoms in total. The van der Waals surface area contributed by atoms with Gasteiger partial charge in [0, 0.05) is 6.54 Å². The topological polar surface area (TPSA) is 47.0 Å². The van der Waals surface area contributed by atoms with Crippen LogP contribution in [0.1, 0.15) is 22.8 Å². The number of anilines is 2. The van der Waals surface area contributed by atoms with Gasteiger partial charge in [0.05, 0.1) is 23.6 Å². The summed E-state index contributed by atoms with van der Waals surface area (Å²) in [6, 6.07) is 15.7. The van der Waals surface area contributed by atoms with Crippen LogP contribution in [0.4, 0.5) is 11.4 Å². The predicted octanol–water partition coefficient (Wildman–Crippen LogP) is 3.26. The summed E-state index contributed by atoms with van der Waals surface area (Å²) in [5.41, 5.74) is 3.21. The second kappa shape index (κ2) is 5.69. The molecule has 2 aliphatic rings. The van der Waals surface area contributed by atoms with E-state index >= 15 is 0 Å². The second-order valence-corrected chi connectivity index (χ2v) is 5.94. The SMILES string of the molecule is CCN1CN2c3c(cccc3C(=O)O)C=CC2N1c1ccccc1. The minimum Gasteiger partial charge on any atom is -0.478 e. The number of nitrogens with zero attached hydrogens (tertiary/aromatic N) is 3. The van der Waals surface area contributed by atoms with Gasteiger partial charge in [0.2, 0.25) is 0 Å². The van der Waals surface area contributed by atoms with Crippen LogP contribution in [0.5, 0.6) is 0 Å². The van der Waals surface area contributed by atoms with E-state index in [1.165, 1.54) is 0 Å². The summed E-state index contributed by atoms with van der Waals surface area (Å²) in [6.45, 7) is 3.63. The lowest BCUT2D eigenvalue weighted by molar-refractivity contribution is 0.0697. The van der Waals surface area contributed by atoms with Gasteiger partial charge in [-0.1, -0.05) is 43.3 Å². The molecule has 2 aromatic rings. The van der Waals surface area contributed by atoms with Crippen molar-refractivity contribution in [2.75, 3.05) is 23.1 Å². The largest absolute Gasteiger partial charge is 0.478 e. The summed E-state index contributed by atoms with van der Waals surface area (Å²) in [5, 5.41) is 14.1. The molecule has 2 heterocycles. The molecule has 1 saturated heterocycles. The molecule has 2 aromatic carbocycles. The van der Waals surface area contributed by atoms with Crippen molar-refractivity contribution in [1.82, 2.24) is 5.01 Å². The minimum atomic E-state index is -0.887. The van der Waals surface area contributed by atoms with Crippen LogP contribution < -0.4 is 9.91 Å². The molecule has 0 saturated carbocycles. The van der Waals surface area contributed by atoms with Crippen molar-refractivity contribution in [3.05, 3.63) is 65.7 Å². The summed E-state index contributed by atoms with van der Waals surface area (Å²) >= 11 is 0. The number of aromatic carboxylic acids is 1. The van der Waals surface area contributed by atoms with Crippen molar-refractivity contribution in [1.29, 1.82) is 0 Å². The minimum absolute atomic E-state index is 0.0136. The third-order valence-electron chi connectivity index (χ3n) is 4.61. The first-order valence-corrected chi connectivity index (χ1v) is 8.11. The Balaban J connectivity index is 1.82. The Labute approximate surface area is 141 Å². The lowest BCUT2D eigenvalue weighted by Crippen LogP contribution is -2.43. The number of benzene rings is 2. The van der Waals surface area contributed by atoms with E-state index in [-0.39, 0.29) is 6.17 Å². The fraction of sp³-hybridized carbons (Fsp3) is 0.211. The van der Waals surface area contributed by atoms with Crippen LogP contribution in [0.2, 0.25) is 0 Å². The van der Waals surface area contributed by atoms with Gasteiger partial charge in [-0.25, -0.2) is 4.79 Å². The Kier molecular flexibility index (Phi) is 3.50. The van der Waals surface area contributed by atoms with E-state index in [0.29, 0.717) is 12.2 Å².